The Balaban J connectivity index is 1.49. The minimum atomic E-state index is -1.01. The number of nitrogen functional groups attached to an aromatic ring is 1. The Labute approximate surface area is 181 Å². The average molecular weight is 437 g/mol. The highest BCUT2D eigenvalue weighted by molar-refractivity contribution is 6.05. The SMILES string of the molecule is Nc1ncc(-c2ccc(C(=O)N3CCN(C(=O)O)CC3)o2)nc1C(=O)Nc1cccnc1. The molecule has 4 rings (SSSR count). The summed E-state index contributed by atoms with van der Waals surface area (Å²) in [5.41, 5.74) is 6.42. The number of pyridine rings is 1. The maximum absolute atomic E-state index is 12.7. The predicted molar refractivity (Wildman–Crippen MR) is 112 cm³/mol. The maximum Gasteiger partial charge on any atom is 0.407 e. The first-order chi connectivity index (χ1) is 15.4. The molecule has 0 bridgehead atoms. The Bertz CT molecular complexity index is 1160. The van der Waals surface area contributed by atoms with E-state index in [-0.39, 0.29) is 60.8 Å². The molecule has 3 aromatic heterocycles. The number of furan rings is 1. The molecule has 32 heavy (non-hydrogen) atoms. The number of hydrogen-bond acceptors (Lipinski definition) is 8. The number of amides is 3. The third kappa shape index (κ3) is 4.33. The number of carbonyl (C=O) groups excluding carboxylic acids is 2. The third-order valence-electron chi connectivity index (χ3n) is 4.84. The van der Waals surface area contributed by atoms with Crippen molar-refractivity contribution in [1.82, 2.24) is 24.8 Å². The van der Waals surface area contributed by atoms with E-state index in [9.17, 15) is 14.4 Å². The monoisotopic (exact) mass is 437 g/mol. The standard InChI is InChI=1S/C20H19N7O5/c21-17-16(18(28)24-12-2-1-5-22-10-12)25-13(11-23-17)14-3-4-15(32-14)19(29)26-6-8-27(9-7-26)20(30)31/h1-5,10-11H,6-9H2,(H2,21,23)(H,24,28)(H,30,31). The van der Waals surface area contributed by atoms with Gasteiger partial charge in [0, 0.05) is 32.4 Å². The van der Waals surface area contributed by atoms with Gasteiger partial charge in [-0.05, 0) is 24.3 Å². The topological polar surface area (TPSA) is 168 Å². The van der Waals surface area contributed by atoms with Gasteiger partial charge in [0.25, 0.3) is 11.8 Å². The number of nitrogens with two attached hydrogens (primary N) is 1. The van der Waals surface area contributed by atoms with Gasteiger partial charge < -0.3 is 30.4 Å². The number of piperazine rings is 1. The van der Waals surface area contributed by atoms with Gasteiger partial charge in [-0.2, -0.15) is 0 Å². The second-order valence-electron chi connectivity index (χ2n) is 6.91. The van der Waals surface area contributed by atoms with E-state index in [2.05, 4.69) is 20.3 Å². The van der Waals surface area contributed by atoms with Crippen molar-refractivity contribution < 1.29 is 23.9 Å². The van der Waals surface area contributed by atoms with Crippen LogP contribution in [-0.4, -0.2) is 73.9 Å². The van der Waals surface area contributed by atoms with Crippen LogP contribution >= 0.6 is 0 Å². The molecule has 0 atom stereocenters. The average Bonchev–Trinajstić information content (AvgIpc) is 3.30. The van der Waals surface area contributed by atoms with E-state index in [1.54, 1.807) is 24.4 Å². The molecule has 3 amide bonds. The smallest absolute Gasteiger partial charge is 0.407 e. The number of aromatic nitrogens is 3. The third-order valence-corrected chi connectivity index (χ3v) is 4.84. The number of carboxylic acid groups (broad SMARTS) is 1. The Morgan fingerprint density at radius 3 is 2.50 bits per heavy atom. The Kier molecular flexibility index (Phi) is 5.66. The van der Waals surface area contributed by atoms with Crippen LogP contribution in [0.15, 0.2) is 47.3 Å². The molecule has 0 unspecified atom stereocenters. The summed E-state index contributed by atoms with van der Waals surface area (Å²) >= 11 is 0. The molecule has 1 aliphatic rings. The van der Waals surface area contributed by atoms with E-state index in [0.29, 0.717) is 5.69 Å². The minimum Gasteiger partial charge on any atom is -0.465 e. The number of hydrogen-bond donors (Lipinski definition) is 3. The first kappa shape index (κ1) is 20.8. The van der Waals surface area contributed by atoms with Crippen LogP contribution in [0.1, 0.15) is 21.0 Å². The second kappa shape index (κ2) is 8.71. The van der Waals surface area contributed by atoms with Crippen LogP contribution in [0.4, 0.5) is 16.3 Å². The zero-order valence-corrected chi connectivity index (χ0v) is 16.8. The van der Waals surface area contributed by atoms with Crippen LogP contribution in [0.5, 0.6) is 0 Å². The molecular weight excluding hydrogens is 418 g/mol. The fourth-order valence-electron chi connectivity index (χ4n) is 3.16. The lowest BCUT2D eigenvalue weighted by molar-refractivity contribution is 0.0597. The Morgan fingerprint density at radius 2 is 1.81 bits per heavy atom. The van der Waals surface area contributed by atoms with Crippen molar-refractivity contribution >= 4 is 29.4 Å². The van der Waals surface area contributed by atoms with Gasteiger partial charge in [0.2, 0.25) is 0 Å². The van der Waals surface area contributed by atoms with Crippen molar-refractivity contribution in [2.75, 3.05) is 37.2 Å². The highest BCUT2D eigenvalue weighted by atomic mass is 16.4. The summed E-state index contributed by atoms with van der Waals surface area (Å²) in [5.74, 6) is -0.679. The van der Waals surface area contributed by atoms with E-state index < -0.39 is 12.0 Å². The van der Waals surface area contributed by atoms with E-state index in [1.165, 1.54) is 28.3 Å². The van der Waals surface area contributed by atoms with Gasteiger partial charge >= 0.3 is 6.09 Å². The minimum absolute atomic E-state index is 0.0608. The van der Waals surface area contributed by atoms with E-state index in [1.807, 2.05) is 0 Å². The van der Waals surface area contributed by atoms with Crippen LogP contribution < -0.4 is 11.1 Å². The lowest BCUT2D eigenvalue weighted by Gasteiger charge is -2.32. The van der Waals surface area contributed by atoms with Gasteiger partial charge in [-0.15, -0.1) is 0 Å². The summed E-state index contributed by atoms with van der Waals surface area (Å²) in [6.45, 7) is 0.990. The molecule has 12 nitrogen and oxygen atoms in total. The molecule has 1 saturated heterocycles. The predicted octanol–water partition coefficient (Wildman–Crippen LogP) is 1.40. The van der Waals surface area contributed by atoms with Crippen LogP contribution in [0.2, 0.25) is 0 Å². The highest BCUT2D eigenvalue weighted by Crippen LogP contribution is 2.23. The summed E-state index contributed by atoms with van der Waals surface area (Å²) in [6, 6.07) is 6.38. The molecule has 0 aliphatic carbocycles. The van der Waals surface area contributed by atoms with Crippen molar-refractivity contribution in [2.24, 2.45) is 0 Å². The van der Waals surface area contributed by atoms with Crippen molar-refractivity contribution in [3.05, 3.63) is 54.3 Å². The molecular formula is C20H19N7O5. The number of nitrogens with zero attached hydrogens (tertiary/aromatic N) is 5. The molecule has 3 aromatic rings. The molecule has 0 aromatic carbocycles. The first-order valence-corrected chi connectivity index (χ1v) is 9.63. The van der Waals surface area contributed by atoms with Crippen molar-refractivity contribution in [2.45, 2.75) is 0 Å². The van der Waals surface area contributed by atoms with E-state index in [4.69, 9.17) is 15.3 Å². The summed E-state index contributed by atoms with van der Waals surface area (Å²) in [5, 5.41) is 11.7. The fourth-order valence-corrected chi connectivity index (χ4v) is 3.16. The van der Waals surface area contributed by atoms with Crippen molar-refractivity contribution in [3.8, 4) is 11.5 Å². The second-order valence-corrected chi connectivity index (χ2v) is 6.91. The fraction of sp³-hybridized carbons (Fsp3) is 0.200. The zero-order chi connectivity index (χ0) is 22.7. The van der Waals surface area contributed by atoms with E-state index in [0.717, 1.165) is 0 Å². The maximum atomic E-state index is 12.7. The molecule has 1 fully saturated rings. The Hall–Kier alpha value is -4.48. The van der Waals surface area contributed by atoms with Gasteiger partial charge in [0.15, 0.2) is 23.0 Å². The largest absolute Gasteiger partial charge is 0.465 e. The molecule has 4 N–H and O–H groups in total. The summed E-state index contributed by atoms with van der Waals surface area (Å²) in [6.07, 6.45) is 3.38. The summed E-state index contributed by atoms with van der Waals surface area (Å²) in [7, 11) is 0. The highest BCUT2D eigenvalue weighted by Gasteiger charge is 2.26. The number of nitrogens with one attached hydrogen (secondary N) is 1. The molecule has 0 radical (unpaired) electrons. The molecule has 164 valence electrons. The van der Waals surface area contributed by atoms with Crippen LogP contribution in [0.3, 0.4) is 0 Å². The molecule has 12 heteroatoms. The quantitative estimate of drug-likeness (QED) is 0.546. The lowest BCUT2D eigenvalue weighted by atomic mass is 10.3. The summed E-state index contributed by atoms with van der Waals surface area (Å²) in [4.78, 5) is 51.2. The number of rotatable bonds is 4. The molecule has 1 aliphatic heterocycles. The van der Waals surface area contributed by atoms with Crippen LogP contribution in [0.25, 0.3) is 11.5 Å². The van der Waals surface area contributed by atoms with Gasteiger partial charge in [-0.3, -0.25) is 14.6 Å². The molecule has 0 spiro atoms. The summed E-state index contributed by atoms with van der Waals surface area (Å²) < 4.78 is 5.65. The number of anilines is 2. The molecule has 0 saturated carbocycles. The van der Waals surface area contributed by atoms with Crippen molar-refractivity contribution in [1.29, 1.82) is 0 Å². The van der Waals surface area contributed by atoms with Gasteiger partial charge in [0.05, 0.1) is 18.1 Å². The number of carbonyl (C=O) groups is 3. The lowest BCUT2D eigenvalue weighted by Crippen LogP contribution is -2.50. The van der Waals surface area contributed by atoms with Gasteiger partial charge in [-0.25, -0.2) is 14.8 Å². The van der Waals surface area contributed by atoms with Gasteiger partial charge in [-0.1, -0.05) is 0 Å². The zero-order valence-electron chi connectivity index (χ0n) is 16.8. The first-order valence-electron chi connectivity index (χ1n) is 9.63. The Morgan fingerprint density at radius 1 is 1.06 bits per heavy atom. The van der Waals surface area contributed by atoms with Crippen LogP contribution in [0, 0.1) is 0 Å². The van der Waals surface area contributed by atoms with Crippen LogP contribution in [-0.2, 0) is 0 Å². The van der Waals surface area contributed by atoms with Crippen molar-refractivity contribution in [3.63, 3.8) is 0 Å². The van der Waals surface area contributed by atoms with E-state index >= 15 is 0 Å². The van der Waals surface area contributed by atoms with Gasteiger partial charge in [0.1, 0.15) is 5.69 Å². The normalized spacial score (nSPS) is 13.6. The molecule has 4 heterocycles.